The maximum atomic E-state index is 5.24. The summed E-state index contributed by atoms with van der Waals surface area (Å²) in [6.45, 7) is 2.69. The average Bonchev–Trinajstić information content (AvgIpc) is 2.31. The molecule has 0 aromatic heterocycles. The summed E-state index contributed by atoms with van der Waals surface area (Å²) in [4.78, 5) is 0. The molecule has 5 heteroatoms. The fourth-order valence-electron chi connectivity index (χ4n) is 0.913. The SMILES string of the molecule is CC1OCCC1=NNC(N)=S. The highest BCUT2D eigenvalue weighted by atomic mass is 32.1. The van der Waals surface area contributed by atoms with Gasteiger partial charge in [0.15, 0.2) is 5.11 Å². The molecular weight excluding hydrogens is 162 g/mol. The Hall–Kier alpha value is -0.680. The maximum Gasteiger partial charge on any atom is 0.184 e. The molecule has 0 bridgehead atoms. The minimum Gasteiger partial charge on any atom is -0.375 e. The van der Waals surface area contributed by atoms with Crippen molar-refractivity contribution >= 4 is 23.0 Å². The fraction of sp³-hybridized carbons (Fsp3) is 0.667. The van der Waals surface area contributed by atoms with Crippen molar-refractivity contribution in [2.75, 3.05) is 6.61 Å². The van der Waals surface area contributed by atoms with E-state index in [0.717, 1.165) is 18.7 Å². The van der Waals surface area contributed by atoms with Crippen LogP contribution in [0.15, 0.2) is 5.10 Å². The molecule has 62 valence electrons. The zero-order valence-electron chi connectivity index (χ0n) is 6.33. The molecular formula is C6H11N3OS. The van der Waals surface area contributed by atoms with E-state index in [-0.39, 0.29) is 11.2 Å². The number of hydrazone groups is 1. The molecule has 1 atom stereocenters. The van der Waals surface area contributed by atoms with E-state index < -0.39 is 0 Å². The molecule has 0 saturated carbocycles. The Morgan fingerprint density at radius 3 is 3.09 bits per heavy atom. The predicted molar refractivity (Wildman–Crippen MR) is 47.4 cm³/mol. The lowest BCUT2D eigenvalue weighted by molar-refractivity contribution is 0.145. The zero-order chi connectivity index (χ0) is 8.27. The van der Waals surface area contributed by atoms with Crippen LogP contribution in [0.4, 0.5) is 0 Å². The third-order valence-electron chi connectivity index (χ3n) is 1.51. The first kappa shape index (κ1) is 8.42. The molecule has 1 aliphatic heterocycles. The molecule has 4 nitrogen and oxygen atoms in total. The molecule has 0 radical (unpaired) electrons. The van der Waals surface area contributed by atoms with Crippen LogP contribution in [-0.2, 0) is 4.74 Å². The highest BCUT2D eigenvalue weighted by Gasteiger charge is 2.18. The molecule has 0 aromatic carbocycles. The second-order valence-electron chi connectivity index (χ2n) is 2.34. The Balaban J connectivity index is 2.45. The summed E-state index contributed by atoms with van der Waals surface area (Å²) in [5.74, 6) is 0. The van der Waals surface area contributed by atoms with Crippen LogP contribution in [0.5, 0.6) is 0 Å². The van der Waals surface area contributed by atoms with Crippen molar-refractivity contribution in [2.45, 2.75) is 19.4 Å². The third-order valence-corrected chi connectivity index (χ3v) is 1.60. The van der Waals surface area contributed by atoms with Crippen LogP contribution in [0.2, 0.25) is 0 Å². The molecule has 11 heavy (non-hydrogen) atoms. The molecule has 0 aromatic rings. The van der Waals surface area contributed by atoms with Crippen molar-refractivity contribution < 1.29 is 4.74 Å². The van der Waals surface area contributed by atoms with E-state index in [1.54, 1.807) is 0 Å². The van der Waals surface area contributed by atoms with Gasteiger partial charge in [0.2, 0.25) is 0 Å². The van der Waals surface area contributed by atoms with Crippen molar-refractivity contribution in [2.24, 2.45) is 10.8 Å². The van der Waals surface area contributed by atoms with Gasteiger partial charge in [0, 0.05) is 6.42 Å². The number of thiocarbonyl (C=S) groups is 1. The van der Waals surface area contributed by atoms with Crippen LogP contribution in [0.1, 0.15) is 13.3 Å². The fourth-order valence-corrected chi connectivity index (χ4v) is 0.959. The van der Waals surface area contributed by atoms with Gasteiger partial charge in [0.25, 0.3) is 0 Å². The minimum atomic E-state index is 0.0943. The van der Waals surface area contributed by atoms with Gasteiger partial charge in [-0.25, -0.2) is 0 Å². The Bertz CT molecular complexity index is 192. The molecule has 1 saturated heterocycles. The Morgan fingerprint density at radius 1 is 1.91 bits per heavy atom. The standard InChI is InChI=1S/C6H11N3OS/c1-4-5(2-3-10-4)8-9-6(7)11/h4H,2-3H2,1H3,(H3,7,9,11). The van der Waals surface area contributed by atoms with E-state index in [0.29, 0.717) is 0 Å². The van der Waals surface area contributed by atoms with E-state index in [4.69, 9.17) is 10.5 Å². The van der Waals surface area contributed by atoms with Crippen molar-refractivity contribution in [3.8, 4) is 0 Å². The van der Waals surface area contributed by atoms with Crippen LogP contribution in [0, 0.1) is 0 Å². The zero-order valence-corrected chi connectivity index (χ0v) is 7.15. The number of hydrogen-bond acceptors (Lipinski definition) is 3. The van der Waals surface area contributed by atoms with Gasteiger partial charge < -0.3 is 10.5 Å². The Morgan fingerprint density at radius 2 is 2.64 bits per heavy atom. The maximum absolute atomic E-state index is 5.24. The second kappa shape index (κ2) is 3.64. The molecule has 1 rings (SSSR count). The first-order valence-corrected chi connectivity index (χ1v) is 3.84. The summed E-state index contributed by atoms with van der Waals surface area (Å²) >= 11 is 4.59. The third kappa shape index (κ3) is 2.44. The van der Waals surface area contributed by atoms with Gasteiger partial charge in [0.05, 0.1) is 18.4 Å². The molecule has 3 N–H and O–H groups in total. The van der Waals surface area contributed by atoms with Crippen molar-refractivity contribution in [3.05, 3.63) is 0 Å². The molecule has 1 fully saturated rings. The van der Waals surface area contributed by atoms with Crippen LogP contribution in [-0.4, -0.2) is 23.5 Å². The van der Waals surface area contributed by atoms with Crippen LogP contribution in [0.3, 0.4) is 0 Å². The molecule has 1 aliphatic rings. The van der Waals surface area contributed by atoms with Gasteiger partial charge in [0.1, 0.15) is 0 Å². The molecule has 0 amide bonds. The van der Waals surface area contributed by atoms with E-state index in [1.165, 1.54) is 0 Å². The number of hydrogen-bond donors (Lipinski definition) is 2. The summed E-state index contributed by atoms with van der Waals surface area (Å²) in [5, 5.41) is 4.17. The molecule has 1 heterocycles. The minimum absolute atomic E-state index is 0.0943. The summed E-state index contributed by atoms with van der Waals surface area (Å²) in [7, 11) is 0. The normalized spacial score (nSPS) is 27.4. The molecule has 1 unspecified atom stereocenters. The lowest BCUT2D eigenvalue weighted by Gasteiger charge is -2.02. The highest BCUT2D eigenvalue weighted by molar-refractivity contribution is 7.80. The van der Waals surface area contributed by atoms with Gasteiger partial charge in [-0.2, -0.15) is 5.10 Å². The topological polar surface area (TPSA) is 59.6 Å². The number of ether oxygens (including phenoxy) is 1. The average molecular weight is 173 g/mol. The summed E-state index contributed by atoms with van der Waals surface area (Å²) in [5.41, 5.74) is 8.69. The van der Waals surface area contributed by atoms with Gasteiger partial charge in [-0.1, -0.05) is 0 Å². The monoisotopic (exact) mass is 173 g/mol. The van der Waals surface area contributed by atoms with Gasteiger partial charge in [-0.3, -0.25) is 5.43 Å². The smallest absolute Gasteiger partial charge is 0.184 e. The first-order chi connectivity index (χ1) is 5.20. The van der Waals surface area contributed by atoms with E-state index in [9.17, 15) is 0 Å². The lowest BCUT2D eigenvalue weighted by atomic mass is 10.2. The van der Waals surface area contributed by atoms with E-state index in [2.05, 4.69) is 22.7 Å². The van der Waals surface area contributed by atoms with Gasteiger partial charge in [-0.15, -0.1) is 0 Å². The first-order valence-electron chi connectivity index (χ1n) is 3.43. The van der Waals surface area contributed by atoms with E-state index in [1.807, 2.05) is 6.92 Å². The Kier molecular flexibility index (Phi) is 2.78. The van der Waals surface area contributed by atoms with Crippen molar-refractivity contribution in [1.29, 1.82) is 0 Å². The second-order valence-corrected chi connectivity index (χ2v) is 2.78. The van der Waals surface area contributed by atoms with E-state index >= 15 is 0 Å². The predicted octanol–water partition coefficient (Wildman–Crippen LogP) is -0.0156. The van der Waals surface area contributed by atoms with Gasteiger partial charge in [-0.05, 0) is 19.1 Å². The van der Waals surface area contributed by atoms with Crippen LogP contribution >= 0.6 is 12.2 Å². The number of nitrogens with zero attached hydrogens (tertiary/aromatic N) is 1. The van der Waals surface area contributed by atoms with Crippen molar-refractivity contribution in [3.63, 3.8) is 0 Å². The van der Waals surface area contributed by atoms with Crippen LogP contribution in [0.25, 0.3) is 0 Å². The van der Waals surface area contributed by atoms with Gasteiger partial charge >= 0.3 is 0 Å². The van der Waals surface area contributed by atoms with Crippen molar-refractivity contribution in [1.82, 2.24) is 5.43 Å². The van der Waals surface area contributed by atoms with Crippen LogP contribution < -0.4 is 11.2 Å². The number of nitrogens with two attached hydrogens (primary N) is 1. The number of nitrogens with one attached hydrogen (secondary N) is 1. The summed E-state index contributed by atoms with van der Waals surface area (Å²) in [6.07, 6.45) is 0.952. The molecule has 0 spiro atoms. The number of rotatable bonds is 1. The molecule has 0 aliphatic carbocycles. The largest absolute Gasteiger partial charge is 0.375 e. The highest BCUT2D eigenvalue weighted by Crippen LogP contribution is 2.07. The summed E-state index contributed by atoms with van der Waals surface area (Å²) < 4.78 is 5.24. The lowest BCUT2D eigenvalue weighted by Crippen LogP contribution is -2.26. The Labute approximate surface area is 70.8 Å². The summed E-state index contributed by atoms with van der Waals surface area (Å²) in [6, 6.07) is 0. The quantitative estimate of drug-likeness (QED) is 0.432.